The van der Waals surface area contributed by atoms with Crippen LogP contribution in [0, 0.1) is 18.6 Å². The van der Waals surface area contributed by atoms with Crippen molar-refractivity contribution in [3.63, 3.8) is 0 Å². The minimum Gasteiger partial charge on any atom is -0.331 e. The first kappa shape index (κ1) is 11.7. The van der Waals surface area contributed by atoms with E-state index in [1.54, 1.807) is 0 Å². The number of imidazole rings is 1. The Labute approximate surface area is 97.9 Å². The summed E-state index contributed by atoms with van der Waals surface area (Å²) in [6, 6.07) is 3.78. The average molecular weight is 237 g/mol. The highest BCUT2D eigenvalue weighted by Crippen LogP contribution is 2.25. The highest BCUT2D eigenvalue weighted by molar-refractivity contribution is 5.63. The number of halogens is 2. The van der Waals surface area contributed by atoms with Gasteiger partial charge in [-0.15, -0.1) is 0 Å². The lowest BCUT2D eigenvalue weighted by Crippen LogP contribution is -2.01. The van der Waals surface area contributed by atoms with Gasteiger partial charge in [0.2, 0.25) is 0 Å². The zero-order valence-electron chi connectivity index (χ0n) is 9.67. The fraction of sp³-hybridized carbons (Fsp3) is 0.250. The molecule has 1 aromatic carbocycles. The number of benzene rings is 1. The Morgan fingerprint density at radius 2 is 2.00 bits per heavy atom. The van der Waals surface area contributed by atoms with Crippen LogP contribution in [0.4, 0.5) is 8.78 Å². The first-order valence-electron chi connectivity index (χ1n) is 5.22. The van der Waals surface area contributed by atoms with E-state index in [0.717, 1.165) is 23.7 Å². The van der Waals surface area contributed by atoms with E-state index in [1.165, 1.54) is 6.07 Å². The van der Waals surface area contributed by atoms with Crippen LogP contribution in [0.5, 0.6) is 0 Å². The Bertz CT molecular complexity index is 561. The Morgan fingerprint density at radius 3 is 2.59 bits per heavy atom. The van der Waals surface area contributed by atoms with Gasteiger partial charge in [0.1, 0.15) is 5.82 Å². The molecule has 0 amide bonds. The van der Waals surface area contributed by atoms with Crippen LogP contribution in [0.1, 0.15) is 11.5 Å². The largest absolute Gasteiger partial charge is 0.331 e. The molecule has 1 heterocycles. The number of hydrogen-bond acceptors (Lipinski definition) is 2. The molecule has 2 rings (SSSR count). The maximum atomic E-state index is 13.2. The van der Waals surface area contributed by atoms with Crippen molar-refractivity contribution in [3.8, 4) is 11.3 Å². The van der Waals surface area contributed by atoms with E-state index in [-0.39, 0.29) is 6.54 Å². The summed E-state index contributed by atoms with van der Waals surface area (Å²) in [4.78, 5) is 4.28. The van der Waals surface area contributed by atoms with Crippen molar-refractivity contribution in [2.45, 2.75) is 13.5 Å². The quantitative estimate of drug-likeness (QED) is 0.869. The van der Waals surface area contributed by atoms with E-state index in [2.05, 4.69) is 4.98 Å². The molecule has 2 N–H and O–H groups in total. The predicted octanol–water partition coefficient (Wildman–Crippen LogP) is 2.13. The molecule has 0 bridgehead atoms. The molecule has 90 valence electrons. The molecule has 0 radical (unpaired) electrons. The van der Waals surface area contributed by atoms with Crippen molar-refractivity contribution in [2.75, 3.05) is 0 Å². The summed E-state index contributed by atoms with van der Waals surface area (Å²) < 4.78 is 27.9. The Hall–Kier alpha value is -1.75. The van der Waals surface area contributed by atoms with E-state index in [0.29, 0.717) is 11.3 Å². The third-order valence-corrected chi connectivity index (χ3v) is 2.78. The fourth-order valence-electron chi connectivity index (χ4n) is 1.82. The third-order valence-electron chi connectivity index (χ3n) is 2.78. The SMILES string of the molecule is Cc1nc(CN)c(-c2ccc(F)c(F)c2)n1C. The second-order valence-corrected chi connectivity index (χ2v) is 3.85. The van der Waals surface area contributed by atoms with Gasteiger partial charge in [0.15, 0.2) is 11.6 Å². The molecule has 2 aromatic rings. The number of aryl methyl sites for hydroxylation is 1. The molecule has 3 nitrogen and oxygen atoms in total. The number of nitrogens with zero attached hydrogens (tertiary/aromatic N) is 2. The van der Waals surface area contributed by atoms with Crippen molar-refractivity contribution >= 4 is 0 Å². The minimum atomic E-state index is -0.871. The number of nitrogens with two attached hydrogens (primary N) is 1. The molecule has 5 heteroatoms. The van der Waals surface area contributed by atoms with Crippen LogP contribution >= 0.6 is 0 Å². The molecule has 0 atom stereocenters. The minimum absolute atomic E-state index is 0.260. The zero-order chi connectivity index (χ0) is 12.6. The van der Waals surface area contributed by atoms with Crippen LogP contribution in [0.25, 0.3) is 11.3 Å². The van der Waals surface area contributed by atoms with E-state index >= 15 is 0 Å². The van der Waals surface area contributed by atoms with Gasteiger partial charge < -0.3 is 10.3 Å². The average Bonchev–Trinajstić information content (AvgIpc) is 2.59. The summed E-state index contributed by atoms with van der Waals surface area (Å²) in [6.45, 7) is 2.10. The molecule has 0 spiro atoms. The van der Waals surface area contributed by atoms with E-state index in [4.69, 9.17) is 5.73 Å². The maximum absolute atomic E-state index is 13.2. The fourth-order valence-corrected chi connectivity index (χ4v) is 1.82. The summed E-state index contributed by atoms with van der Waals surface area (Å²) in [7, 11) is 1.82. The first-order valence-corrected chi connectivity index (χ1v) is 5.22. The molecular weight excluding hydrogens is 224 g/mol. The summed E-state index contributed by atoms with van der Waals surface area (Å²) in [5.74, 6) is -0.948. The van der Waals surface area contributed by atoms with Gasteiger partial charge in [0.25, 0.3) is 0 Å². The standard InChI is InChI=1S/C12H13F2N3/c1-7-16-11(6-15)12(17(7)2)8-3-4-9(13)10(14)5-8/h3-5H,6,15H2,1-2H3. The monoisotopic (exact) mass is 237 g/mol. The molecule has 0 fully saturated rings. The van der Waals surface area contributed by atoms with Crippen molar-refractivity contribution in [1.29, 1.82) is 0 Å². The van der Waals surface area contributed by atoms with Gasteiger partial charge >= 0.3 is 0 Å². The topological polar surface area (TPSA) is 43.8 Å². The van der Waals surface area contributed by atoms with Crippen LogP contribution in [-0.2, 0) is 13.6 Å². The van der Waals surface area contributed by atoms with Crippen LogP contribution < -0.4 is 5.73 Å². The Balaban J connectivity index is 2.63. The van der Waals surface area contributed by atoms with Gasteiger partial charge in [-0.3, -0.25) is 0 Å². The molecule has 0 saturated heterocycles. The van der Waals surface area contributed by atoms with Crippen LogP contribution in [-0.4, -0.2) is 9.55 Å². The van der Waals surface area contributed by atoms with Crippen molar-refractivity contribution in [1.82, 2.24) is 9.55 Å². The van der Waals surface area contributed by atoms with Crippen LogP contribution in [0.15, 0.2) is 18.2 Å². The highest BCUT2D eigenvalue weighted by atomic mass is 19.2. The van der Waals surface area contributed by atoms with Gasteiger partial charge in [-0.2, -0.15) is 0 Å². The molecule has 0 unspecified atom stereocenters. The smallest absolute Gasteiger partial charge is 0.159 e. The lowest BCUT2D eigenvalue weighted by Gasteiger charge is -2.06. The molecule has 17 heavy (non-hydrogen) atoms. The highest BCUT2D eigenvalue weighted by Gasteiger charge is 2.14. The first-order chi connectivity index (χ1) is 8.04. The van der Waals surface area contributed by atoms with Crippen LogP contribution in [0.2, 0.25) is 0 Å². The third kappa shape index (κ3) is 1.93. The van der Waals surface area contributed by atoms with E-state index in [9.17, 15) is 8.78 Å². The summed E-state index contributed by atoms with van der Waals surface area (Å²) in [5.41, 5.74) is 7.57. The van der Waals surface area contributed by atoms with Gasteiger partial charge in [0, 0.05) is 19.2 Å². The summed E-state index contributed by atoms with van der Waals surface area (Å²) >= 11 is 0. The maximum Gasteiger partial charge on any atom is 0.159 e. The van der Waals surface area contributed by atoms with Gasteiger partial charge in [-0.05, 0) is 25.1 Å². The summed E-state index contributed by atoms with van der Waals surface area (Å²) in [5, 5.41) is 0. The second kappa shape index (κ2) is 4.25. The molecular formula is C12H13F2N3. The zero-order valence-corrected chi connectivity index (χ0v) is 9.67. The van der Waals surface area contributed by atoms with Crippen molar-refractivity contribution < 1.29 is 8.78 Å². The number of hydrogen-bond donors (Lipinski definition) is 1. The number of rotatable bonds is 2. The molecule has 0 saturated carbocycles. The Morgan fingerprint density at radius 1 is 1.29 bits per heavy atom. The van der Waals surface area contributed by atoms with Gasteiger partial charge in [0.05, 0.1) is 11.4 Å². The normalized spacial score (nSPS) is 10.9. The molecule has 1 aromatic heterocycles. The van der Waals surface area contributed by atoms with Gasteiger partial charge in [-0.25, -0.2) is 13.8 Å². The van der Waals surface area contributed by atoms with E-state index < -0.39 is 11.6 Å². The Kier molecular flexibility index (Phi) is 2.93. The lowest BCUT2D eigenvalue weighted by molar-refractivity contribution is 0.509. The number of aromatic nitrogens is 2. The molecule has 0 aliphatic heterocycles. The van der Waals surface area contributed by atoms with Crippen LogP contribution in [0.3, 0.4) is 0 Å². The van der Waals surface area contributed by atoms with Crippen molar-refractivity contribution in [3.05, 3.63) is 41.4 Å². The van der Waals surface area contributed by atoms with Gasteiger partial charge in [-0.1, -0.05) is 0 Å². The molecule has 0 aliphatic carbocycles. The van der Waals surface area contributed by atoms with Crippen molar-refractivity contribution in [2.24, 2.45) is 12.8 Å². The second-order valence-electron chi connectivity index (χ2n) is 3.85. The predicted molar refractivity (Wildman–Crippen MR) is 61.2 cm³/mol. The lowest BCUT2D eigenvalue weighted by atomic mass is 10.1. The molecule has 0 aliphatic rings. The van der Waals surface area contributed by atoms with E-state index in [1.807, 2.05) is 18.5 Å². The summed E-state index contributed by atoms with van der Waals surface area (Å²) in [6.07, 6.45) is 0.